The number of unbranched alkanes of at least 4 members (excludes halogenated alkanes) is 1. The van der Waals surface area contributed by atoms with Gasteiger partial charge in [-0.15, -0.1) is 0 Å². The van der Waals surface area contributed by atoms with E-state index in [4.69, 9.17) is 20.2 Å². The molecule has 0 saturated carbocycles. The molecule has 6 N–H and O–H groups in total. The SMILES string of the molecule is CC.CCCCc1nc2c(N)nc3cc(C(C)(C)C(C)(C)NC(=O)CC)ccc3c2n1Cc1cc(O)ccc1OP(=O)(O)O. The van der Waals surface area contributed by atoms with Crippen LogP contribution in [0.3, 0.4) is 0 Å². The molecule has 12 heteroatoms. The number of phosphoric ester groups is 1. The minimum atomic E-state index is -4.85. The Balaban J connectivity index is 0.00000259. The van der Waals surface area contributed by atoms with Gasteiger partial charge in [0.05, 0.1) is 17.6 Å². The van der Waals surface area contributed by atoms with Gasteiger partial charge < -0.3 is 25.2 Å². The lowest BCUT2D eigenvalue weighted by Crippen LogP contribution is -2.55. The van der Waals surface area contributed by atoms with E-state index >= 15 is 0 Å². The van der Waals surface area contributed by atoms with Crippen molar-refractivity contribution in [1.29, 1.82) is 0 Å². The highest BCUT2D eigenvalue weighted by atomic mass is 31.2. The quantitative estimate of drug-likeness (QED) is 0.119. The number of phenols is 1. The van der Waals surface area contributed by atoms with Gasteiger partial charge in [0.2, 0.25) is 5.91 Å². The smallest absolute Gasteiger partial charge is 0.508 e. The molecule has 0 saturated heterocycles. The Kier molecular flexibility index (Phi) is 10.7. The van der Waals surface area contributed by atoms with Gasteiger partial charge in [-0.2, -0.15) is 0 Å². The Bertz CT molecular complexity index is 1690. The summed E-state index contributed by atoms with van der Waals surface area (Å²) in [4.78, 5) is 40.8. The fourth-order valence-corrected chi connectivity index (χ4v) is 5.51. The normalized spacial score (nSPS) is 12.2. The van der Waals surface area contributed by atoms with Crippen molar-refractivity contribution in [2.75, 3.05) is 5.73 Å². The second-order valence-corrected chi connectivity index (χ2v) is 12.8. The molecule has 1 amide bonds. The first-order chi connectivity index (χ1) is 20.6. The topological polar surface area (TPSA) is 173 Å². The number of phenolic OH excluding ortho intramolecular Hbond substituents is 1. The molecule has 0 fully saturated rings. The molecular formula is C32H46N5O6P. The first kappa shape index (κ1) is 34.8. The Morgan fingerprint density at radius 2 is 1.75 bits per heavy atom. The summed E-state index contributed by atoms with van der Waals surface area (Å²) < 4.78 is 18.6. The van der Waals surface area contributed by atoms with Crippen molar-refractivity contribution in [3.05, 3.63) is 53.3 Å². The van der Waals surface area contributed by atoms with Gasteiger partial charge in [-0.05, 0) is 50.1 Å². The molecule has 4 aromatic rings. The fraction of sp³-hybridized carbons (Fsp3) is 0.469. The molecule has 0 radical (unpaired) electrons. The molecular weight excluding hydrogens is 581 g/mol. The second kappa shape index (κ2) is 13.5. The molecule has 2 aromatic carbocycles. The lowest BCUT2D eigenvalue weighted by atomic mass is 9.69. The highest BCUT2D eigenvalue weighted by Crippen LogP contribution is 2.41. The van der Waals surface area contributed by atoms with Crippen LogP contribution in [0.1, 0.15) is 91.6 Å². The third-order valence-electron chi connectivity index (χ3n) is 8.18. The Morgan fingerprint density at radius 1 is 1.07 bits per heavy atom. The van der Waals surface area contributed by atoms with Crippen LogP contribution >= 0.6 is 7.82 Å². The van der Waals surface area contributed by atoms with Crippen molar-refractivity contribution >= 4 is 41.5 Å². The average Bonchev–Trinajstić information content (AvgIpc) is 3.31. The summed E-state index contributed by atoms with van der Waals surface area (Å²) in [5, 5.41) is 14.1. The monoisotopic (exact) mass is 627 g/mol. The second-order valence-electron chi connectivity index (χ2n) is 11.7. The highest BCUT2D eigenvalue weighted by Gasteiger charge is 2.39. The summed E-state index contributed by atoms with van der Waals surface area (Å²) in [5.41, 5.74) is 8.66. The lowest BCUT2D eigenvalue weighted by Gasteiger charge is -2.43. The number of aryl methyl sites for hydroxylation is 1. The summed E-state index contributed by atoms with van der Waals surface area (Å²) in [6, 6.07) is 10.0. The van der Waals surface area contributed by atoms with Crippen molar-refractivity contribution in [2.24, 2.45) is 0 Å². The lowest BCUT2D eigenvalue weighted by molar-refractivity contribution is -0.123. The maximum atomic E-state index is 12.3. The van der Waals surface area contributed by atoms with Crippen molar-refractivity contribution in [3.8, 4) is 11.5 Å². The molecule has 0 unspecified atom stereocenters. The number of carbonyl (C=O) groups excluding carboxylic acids is 1. The summed E-state index contributed by atoms with van der Waals surface area (Å²) in [6.45, 7) is 16.2. The van der Waals surface area contributed by atoms with Crippen molar-refractivity contribution in [2.45, 2.75) is 98.6 Å². The number of aromatic hydroxyl groups is 1. The number of carbonyl (C=O) groups is 1. The molecule has 4 rings (SSSR count). The number of aromatic nitrogens is 3. The number of imidazole rings is 1. The van der Waals surface area contributed by atoms with Crippen LogP contribution in [0.5, 0.6) is 11.5 Å². The van der Waals surface area contributed by atoms with Crippen LogP contribution in [0, 0.1) is 0 Å². The van der Waals surface area contributed by atoms with Gasteiger partial charge in [0.15, 0.2) is 5.82 Å². The molecule has 0 aliphatic rings. The largest absolute Gasteiger partial charge is 0.524 e. The Morgan fingerprint density at radius 3 is 2.36 bits per heavy atom. The summed E-state index contributed by atoms with van der Waals surface area (Å²) in [7, 11) is -4.85. The van der Waals surface area contributed by atoms with Crippen LogP contribution in [0.25, 0.3) is 21.9 Å². The Hall–Kier alpha value is -3.66. The van der Waals surface area contributed by atoms with Crippen LogP contribution in [0.4, 0.5) is 5.82 Å². The number of pyridine rings is 1. The number of phosphoric acid groups is 1. The van der Waals surface area contributed by atoms with E-state index in [1.807, 2.05) is 57.4 Å². The fourth-order valence-electron chi connectivity index (χ4n) is 5.07. The number of fused-ring (bicyclic) bond motifs is 3. The zero-order chi connectivity index (χ0) is 33.0. The molecule has 0 spiro atoms. The van der Waals surface area contributed by atoms with E-state index in [9.17, 15) is 24.3 Å². The maximum Gasteiger partial charge on any atom is 0.524 e. The zero-order valence-electron chi connectivity index (χ0n) is 26.9. The van der Waals surface area contributed by atoms with E-state index in [2.05, 4.69) is 26.1 Å². The van der Waals surface area contributed by atoms with Gasteiger partial charge in [0.1, 0.15) is 22.8 Å². The summed E-state index contributed by atoms with van der Waals surface area (Å²) in [6.07, 6.45) is 2.81. The zero-order valence-corrected chi connectivity index (χ0v) is 27.8. The van der Waals surface area contributed by atoms with E-state index in [-0.39, 0.29) is 29.8 Å². The number of nitrogens with zero attached hydrogens (tertiary/aromatic N) is 3. The number of nitrogens with two attached hydrogens (primary N) is 1. The van der Waals surface area contributed by atoms with E-state index < -0.39 is 18.8 Å². The van der Waals surface area contributed by atoms with Crippen molar-refractivity contribution in [3.63, 3.8) is 0 Å². The van der Waals surface area contributed by atoms with E-state index in [0.717, 1.165) is 35.1 Å². The van der Waals surface area contributed by atoms with Crippen LogP contribution < -0.4 is 15.6 Å². The number of rotatable bonds is 11. The van der Waals surface area contributed by atoms with Gasteiger partial charge in [-0.3, -0.25) is 14.6 Å². The minimum Gasteiger partial charge on any atom is -0.508 e. The van der Waals surface area contributed by atoms with Crippen LogP contribution in [0.15, 0.2) is 36.4 Å². The molecule has 0 bridgehead atoms. The molecule has 0 atom stereocenters. The predicted molar refractivity (Wildman–Crippen MR) is 175 cm³/mol. The molecule has 240 valence electrons. The number of nitrogen functional groups attached to an aromatic ring is 1. The Labute approximate surface area is 259 Å². The summed E-state index contributed by atoms with van der Waals surface area (Å²) in [5.74, 6) is 0.834. The predicted octanol–water partition coefficient (Wildman–Crippen LogP) is 6.34. The van der Waals surface area contributed by atoms with Gasteiger partial charge in [-0.1, -0.05) is 60.1 Å². The average molecular weight is 628 g/mol. The third-order valence-corrected chi connectivity index (χ3v) is 8.62. The molecule has 11 nitrogen and oxygen atoms in total. The van der Waals surface area contributed by atoms with E-state index in [0.29, 0.717) is 29.4 Å². The molecule has 0 aliphatic carbocycles. The molecule has 2 heterocycles. The van der Waals surface area contributed by atoms with Gasteiger partial charge in [0, 0.05) is 34.7 Å². The number of hydrogen-bond donors (Lipinski definition) is 5. The third kappa shape index (κ3) is 7.34. The molecule has 0 aliphatic heterocycles. The number of nitrogens with one attached hydrogen (secondary N) is 1. The van der Waals surface area contributed by atoms with Crippen LogP contribution in [0.2, 0.25) is 0 Å². The maximum absolute atomic E-state index is 12.3. The van der Waals surface area contributed by atoms with Gasteiger partial charge in [0.25, 0.3) is 0 Å². The van der Waals surface area contributed by atoms with Gasteiger partial charge in [-0.25, -0.2) is 14.5 Å². The van der Waals surface area contributed by atoms with Crippen LogP contribution in [-0.4, -0.2) is 40.9 Å². The standard InChI is InChI=1S/C30H40N5O6P.C2H6/c1-7-9-10-24-33-26-27(35(24)17-18-15-20(36)12-14-23(18)41-42(38,39)40)21-13-11-19(16-22(21)32-28(26)31)29(3,4)30(5,6)34-25(37)8-2;1-2/h11-16,36H,7-10,17H2,1-6H3,(H2,31,32)(H,34,37)(H2,38,39,40);1-2H3. The molecule has 44 heavy (non-hydrogen) atoms. The van der Waals surface area contributed by atoms with Crippen molar-refractivity contribution < 1.29 is 28.8 Å². The number of hydrogen-bond acceptors (Lipinski definition) is 7. The number of anilines is 1. The van der Waals surface area contributed by atoms with E-state index in [1.165, 1.54) is 18.2 Å². The number of benzene rings is 2. The minimum absolute atomic E-state index is 0.0319. The highest BCUT2D eigenvalue weighted by molar-refractivity contribution is 7.46. The van der Waals surface area contributed by atoms with Crippen LogP contribution in [-0.2, 0) is 27.7 Å². The van der Waals surface area contributed by atoms with Gasteiger partial charge >= 0.3 is 7.82 Å². The number of amides is 1. The molecule has 2 aromatic heterocycles. The summed E-state index contributed by atoms with van der Waals surface area (Å²) >= 11 is 0. The van der Waals surface area contributed by atoms with E-state index in [1.54, 1.807) is 0 Å². The van der Waals surface area contributed by atoms with Crippen molar-refractivity contribution in [1.82, 2.24) is 19.9 Å². The first-order valence-electron chi connectivity index (χ1n) is 15.0. The first-order valence-corrected chi connectivity index (χ1v) is 16.6.